The summed E-state index contributed by atoms with van der Waals surface area (Å²) in [6.07, 6.45) is 1.33. The van der Waals surface area contributed by atoms with Crippen molar-refractivity contribution < 1.29 is 26.7 Å². The molecule has 0 radical (unpaired) electrons. The van der Waals surface area contributed by atoms with Crippen LogP contribution < -0.4 is 0 Å². The molecule has 0 atom stereocenters. The van der Waals surface area contributed by atoms with Crippen LogP contribution in [-0.2, 0) is 0 Å². The first kappa shape index (κ1) is 10.8. The molecule has 36 heavy (non-hydrogen) atoms. The molecule has 0 saturated carbocycles. The van der Waals surface area contributed by atoms with Crippen molar-refractivity contribution in [1.82, 2.24) is 0 Å². The molecule has 2 heteroatoms. The fourth-order valence-corrected chi connectivity index (χ4v) is 4.99. The quantitative estimate of drug-likeness (QED) is 0.233. The summed E-state index contributed by atoms with van der Waals surface area (Å²) in [5, 5.41) is 1.08. The molecule has 8 aromatic rings. The van der Waals surface area contributed by atoms with E-state index in [0.717, 1.165) is 10.8 Å². The molecule has 168 valence electrons. The number of rotatable bonds is 2. The van der Waals surface area contributed by atoms with Gasteiger partial charge < -0.3 is 8.83 Å². The molecule has 0 aliphatic heterocycles. The summed E-state index contributed by atoms with van der Waals surface area (Å²) < 4.78 is 126. The lowest BCUT2D eigenvalue weighted by atomic mass is 9.86. The third-order valence-electron chi connectivity index (χ3n) is 6.48. The van der Waals surface area contributed by atoms with Crippen LogP contribution in [0.15, 0.2) is 130 Å². The van der Waals surface area contributed by atoms with Gasteiger partial charge in [-0.3, -0.25) is 0 Å². The van der Waals surface area contributed by atoms with Crippen molar-refractivity contribution >= 4 is 54.5 Å². The average molecular weight is 474 g/mol. The minimum absolute atomic E-state index is 0.00525. The SMILES string of the molecule is [2H]c1c([2H])c([2H])c(-c2c3c([2H])c([2H])c([2H])c([2H])c3c(-c3coc4c3ccc3c5ccccc5oc34)c3c([2H])c([2H])c([2H])c([2H])c23)c([2H])c1[2H]. The molecule has 2 heterocycles. The predicted octanol–water partition coefficient (Wildman–Crippen LogP) is 9.97. The van der Waals surface area contributed by atoms with Crippen molar-refractivity contribution in [2.24, 2.45) is 0 Å². The molecule has 0 aliphatic rings. The van der Waals surface area contributed by atoms with E-state index in [1.54, 1.807) is 18.2 Å². The van der Waals surface area contributed by atoms with Crippen LogP contribution in [0.4, 0.5) is 0 Å². The van der Waals surface area contributed by atoms with Gasteiger partial charge in [-0.15, -0.1) is 0 Å². The fraction of sp³-hybridized carbons (Fsp3) is 0. The predicted molar refractivity (Wildman–Crippen MR) is 149 cm³/mol. The number of hydrogen-bond acceptors (Lipinski definition) is 2. The zero-order chi connectivity index (χ0) is 35.0. The molecule has 0 unspecified atom stereocenters. The first-order chi connectivity index (χ1) is 23.3. The number of hydrogen-bond donors (Lipinski definition) is 0. The van der Waals surface area contributed by atoms with Gasteiger partial charge in [0.15, 0.2) is 11.2 Å². The van der Waals surface area contributed by atoms with E-state index in [0.29, 0.717) is 22.1 Å². The Balaban J connectivity index is 1.69. The van der Waals surface area contributed by atoms with Crippen LogP contribution >= 0.6 is 0 Å². The van der Waals surface area contributed by atoms with Crippen molar-refractivity contribution in [3.05, 3.63) is 121 Å². The van der Waals surface area contributed by atoms with E-state index >= 15 is 0 Å². The van der Waals surface area contributed by atoms with Gasteiger partial charge in [0.2, 0.25) is 0 Å². The largest absolute Gasteiger partial charge is 0.460 e. The van der Waals surface area contributed by atoms with Gasteiger partial charge in [-0.2, -0.15) is 0 Å². The maximum absolute atomic E-state index is 9.13. The normalized spacial score (nSPS) is 16.9. The summed E-state index contributed by atoms with van der Waals surface area (Å²) in [7, 11) is 0. The molecular formula is C34H20O2. The molecule has 0 saturated heterocycles. The van der Waals surface area contributed by atoms with Gasteiger partial charge in [0.05, 0.1) is 24.1 Å². The summed E-state index contributed by atoms with van der Waals surface area (Å²) in [6, 6.07) is 2.34. The van der Waals surface area contributed by atoms with Crippen molar-refractivity contribution in [1.29, 1.82) is 0 Å². The highest BCUT2D eigenvalue weighted by Gasteiger charge is 2.21. The standard InChI is InChI=1S/C34H20O2/c1-2-10-21(11-3-1)31-23-13-4-6-15-25(23)32(26-16-7-5-14-24(26)31)29-20-35-33-28(29)19-18-27-22-12-8-9-17-30(22)36-34(27)33/h1-20H/i1D,2D,3D,4D,5D,6D,7D,10D,11D,13D,14D,15D,16D. The van der Waals surface area contributed by atoms with Gasteiger partial charge in [-0.1, -0.05) is 96.8 Å². The molecule has 0 bridgehead atoms. The highest BCUT2D eigenvalue weighted by Crippen LogP contribution is 2.46. The van der Waals surface area contributed by atoms with E-state index in [1.165, 1.54) is 6.26 Å². The fourth-order valence-electron chi connectivity index (χ4n) is 4.99. The average Bonchev–Trinajstić information content (AvgIpc) is 3.70. The molecule has 8 rings (SSSR count). The second kappa shape index (κ2) is 7.34. The van der Waals surface area contributed by atoms with Crippen molar-refractivity contribution in [2.45, 2.75) is 0 Å². The van der Waals surface area contributed by atoms with Crippen molar-refractivity contribution in [3.63, 3.8) is 0 Å². The molecule has 2 aromatic heterocycles. The first-order valence-corrected chi connectivity index (χ1v) is 11.1. The first-order valence-electron chi connectivity index (χ1n) is 17.6. The van der Waals surface area contributed by atoms with Gasteiger partial charge in [0.25, 0.3) is 0 Å². The minimum atomic E-state index is -0.723. The molecule has 0 spiro atoms. The Morgan fingerprint density at radius 2 is 1.11 bits per heavy atom. The third kappa shape index (κ3) is 2.61. The van der Waals surface area contributed by atoms with Gasteiger partial charge in [0, 0.05) is 27.3 Å². The van der Waals surface area contributed by atoms with E-state index in [2.05, 4.69) is 0 Å². The highest BCUT2D eigenvalue weighted by molar-refractivity contribution is 6.24. The molecular weight excluding hydrogens is 440 g/mol. The van der Waals surface area contributed by atoms with E-state index in [-0.39, 0.29) is 38.2 Å². The summed E-state index contributed by atoms with van der Waals surface area (Å²) >= 11 is 0. The lowest BCUT2D eigenvalue weighted by Gasteiger charge is -2.17. The summed E-state index contributed by atoms with van der Waals surface area (Å²) in [5.74, 6) is 0. The van der Waals surface area contributed by atoms with Crippen LogP contribution in [0.3, 0.4) is 0 Å². The highest BCUT2D eigenvalue weighted by atomic mass is 16.4. The smallest absolute Gasteiger partial charge is 0.178 e. The van der Waals surface area contributed by atoms with Gasteiger partial charge in [-0.05, 0) is 50.9 Å². The van der Waals surface area contributed by atoms with Crippen LogP contribution in [0.5, 0.6) is 0 Å². The lowest BCUT2D eigenvalue weighted by Crippen LogP contribution is -1.90. The molecule has 6 aromatic carbocycles. The topological polar surface area (TPSA) is 26.3 Å². The lowest BCUT2D eigenvalue weighted by molar-refractivity contribution is 0.601. The van der Waals surface area contributed by atoms with Crippen LogP contribution in [-0.4, -0.2) is 0 Å². The van der Waals surface area contributed by atoms with E-state index in [4.69, 9.17) is 26.7 Å². The van der Waals surface area contributed by atoms with Gasteiger partial charge in [0.1, 0.15) is 5.58 Å². The monoisotopic (exact) mass is 473 g/mol. The Morgan fingerprint density at radius 1 is 0.500 bits per heavy atom. The van der Waals surface area contributed by atoms with E-state index < -0.39 is 84.1 Å². The van der Waals surface area contributed by atoms with Gasteiger partial charge >= 0.3 is 0 Å². The minimum Gasteiger partial charge on any atom is -0.460 e. The zero-order valence-electron chi connectivity index (χ0n) is 31.4. The Labute approximate surface area is 225 Å². The summed E-state index contributed by atoms with van der Waals surface area (Å²) in [4.78, 5) is 0. The second-order valence-corrected chi connectivity index (χ2v) is 8.32. The molecule has 0 N–H and O–H groups in total. The third-order valence-corrected chi connectivity index (χ3v) is 6.48. The Morgan fingerprint density at radius 3 is 1.83 bits per heavy atom. The molecule has 0 amide bonds. The van der Waals surface area contributed by atoms with Gasteiger partial charge in [-0.25, -0.2) is 0 Å². The summed E-state index contributed by atoms with van der Waals surface area (Å²) in [5.41, 5.74) is 0.717. The number of benzene rings is 6. The maximum Gasteiger partial charge on any atom is 0.178 e. The zero-order valence-corrected chi connectivity index (χ0v) is 18.4. The van der Waals surface area contributed by atoms with E-state index in [1.807, 2.05) is 18.2 Å². The van der Waals surface area contributed by atoms with Crippen LogP contribution in [0.1, 0.15) is 17.8 Å². The Bertz CT molecular complexity index is 2710. The van der Waals surface area contributed by atoms with Crippen LogP contribution in [0.25, 0.3) is 76.7 Å². The van der Waals surface area contributed by atoms with Crippen LogP contribution in [0.2, 0.25) is 0 Å². The van der Waals surface area contributed by atoms with Crippen molar-refractivity contribution in [3.8, 4) is 22.3 Å². The Hall–Kier alpha value is -4.82. The Kier molecular flexibility index (Phi) is 2.21. The number of furan rings is 2. The molecule has 0 fully saturated rings. The van der Waals surface area contributed by atoms with Crippen LogP contribution in [0, 0.1) is 0 Å². The second-order valence-electron chi connectivity index (χ2n) is 8.32. The molecule has 0 aliphatic carbocycles. The summed E-state index contributed by atoms with van der Waals surface area (Å²) in [6.45, 7) is 0. The van der Waals surface area contributed by atoms with Crippen molar-refractivity contribution in [2.75, 3.05) is 0 Å². The molecule has 2 nitrogen and oxygen atoms in total. The number of para-hydroxylation sites is 1. The van der Waals surface area contributed by atoms with E-state index in [9.17, 15) is 0 Å². The maximum atomic E-state index is 9.13. The number of fused-ring (bicyclic) bond motifs is 7.